The van der Waals surface area contributed by atoms with Crippen molar-refractivity contribution in [3.63, 3.8) is 0 Å². The summed E-state index contributed by atoms with van der Waals surface area (Å²) in [5.74, 6) is 0. The van der Waals surface area contributed by atoms with E-state index in [1.165, 1.54) is 0 Å². The van der Waals surface area contributed by atoms with E-state index in [0.717, 1.165) is 0 Å². The first-order valence-corrected chi connectivity index (χ1v) is 3.48. The molecule has 82 valence electrons. The fourth-order valence-corrected chi connectivity index (χ4v) is 0.671. The van der Waals surface area contributed by atoms with Gasteiger partial charge in [0.25, 0.3) is 0 Å². The molecule has 7 nitrogen and oxygen atoms in total. The first-order chi connectivity index (χ1) is 5.54. The summed E-state index contributed by atoms with van der Waals surface area (Å²) in [6, 6.07) is 0. The van der Waals surface area contributed by atoms with Crippen molar-refractivity contribution < 1.29 is 87.5 Å². The molecule has 4 atom stereocenters. The third-order valence-corrected chi connectivity index (χ3v) is 1.51. The van der Waals surface area contributed by atoms with E-state index in [4.69, 9.17) is 30.6 Å². The van der Waals surface area contributed by atoms with E-state index in [9.17, 15) is 0 Å². The Morgan fingerprint density at radius 1 is 0.714 bits per heavy atom. The molecule has 0 heterocycles. The summed E-state index contributed by atoms with van der Waals surface area (Å²) in [4.78, 5) is 0. The van der Waals surface area contributed by atoms with Crippen LogP contribution in [0.15, 0.2) is 0 Å². The summed E-state index contributed by atoms with van der Waals surface area (Å²) in [5.41, 5.74) is 0. The zero-order chi connectivity index (χ0) is 9.72. The van der Waals surface area contributed by atoms with Gasteiger partial charge in [-0.1, -0.05) is 0 Å². The van der Waals surface area contributed by atoms with Crippen molar-refractivity contribution in [1.29, 1.82) is 0 Å². The summed E-state index contributed by atoms with van der Waals surface area (Å²) >= 11 is 0. The van der Waals surface area contributed by atoms with Crippen LogP contribution in [0.4, 0.5) is 0 Å². The largest absolute Gasteiger partial charge is 1.00 e. The van der Waals surface area contributed by atoms with E-state index in [-0.39, 0.29) is 56.9 Å². The Morgan fingerprint density at radius 2 is 0.929 bits per heavy atom. The summed E-state index contributed by atoms with van der Waals surface area (Å²) in [7, 11) is 0. The van der Waals surface area contributed by atoms with Crippen LogP contribution in [-0.2, 0) is 0 Å². The molecule has 0 fully saturated rings. The van der Waals surface area contributed by atoms with Gasteiger partial charge in [-0.3, -0.25) is 0 Å². The number of rotatable bonds is 5. The molecule has 8 heteroatoms. The maximum Gasteiger partial charge on any atom is 1.00 e. The van der Waals surface area contributed by atoms with Crippen molar-refractivity contribution in [2.75, 3.05) is 13.2 Å². The molecule has 0 spiro atoms. The average Bonchev–Trinajstić information content (AvgIpc) is 2.12. The predicted molar refractivity (Wildman–Crippen MR) is 40.1 cm³/mol. The number of hydrogen-bond acceptors (Lipinski definition) is 7. The van der Waals surface area contributed by atoms with Crippen LogP contribution in [0.5, 0.6) is 0 Å². The summed E-state index contributed by atoms with van der Waals surface area (Å²) in [6.07, 6.45) is -6.39. The topological polar surface area (TPSA) is 151 Å². The molecule has 0 aromatic heterocycles. The van der Waals surface area contributed by atoms with Crippen molar-refractivity contribution in [3.05, 3.63) is 0 Å². The van der Waals surface area contributed by atoms with Gasteiger partial charge in [-0.15, -0.1) is 0 Å². The monoisotopic (exact) mass is 238 g/mol. The van der Waals surface area contributed by atoms with Crippen LogP contribution in [0.3, 0.4) is 0 Å². The molecule has 0 bridgehead atoms. The molecular weight excluding hydrogens is 223 g/mol. The quantitative estimate of drug-likeness (QED) is 0.260. The van der Waals surface area contributed by atoms with Gasteiger partial charge >= 0.3 is 51.4 Å². The summed E-state index contributed by atoms with van der Waals surface area (Å²) in [6.45, 7) is -1.45. The second kappa shape index (κ2) is 10.9. The molecule has 14 heavy (non-hydrogen) atoms. The van der Waals surface area contributed by atoms with Gasteiger partial charge < -0.3 is 36.1 Å². The third kappa shape index (κ3) is 6.77. The molecule has 0 aliphatic heterocycles. The number of hydrogen-bond donors (Lipinski definition) is 6. The van der Waals surface area contributed by atoms with Gasteiger partial charge in [-0.25, -0.2) is 0 Å². The second-order valence-corrected chi connectivity index (χ2v) is 2.48. The van der Waals surface area contributed by atoms with E-state index >= 15 is 0 Å². The predicted octanol–water partition coefficient (Wildman–Crippen LogP) is -6.76. The van der Waals surface area contributed by atoms with Crippen LogP contribution in [0.2, 0.25) is 0 Å². The first kappa shape index (κ1) is 20.7. The summed E-state index contributed by atoms with van der Waals surface area (Å²) in [5, 5.41) is 52.2. The Morgan fingerprint density at radius 3 is 1.07 bits per heavy atom. The average molecular weight is 238 g/mol. The van der Waals surface area contributed by atoms with Gasteiger partial charge in [0.05, 0.1) is 13.2 Å². The first-order valence-electron chi connectivity index (χ1n) is 3.48. The Bertz CT molecular complexity index is 111. The van der Waals surface area contributed by atoms with Gasteiger partial charge in [0.15, 0.2) is 0 Å². The molecule has 0 saturated heterocycles. The molecule has 0 aromatic rings. The van der Waals surface area contributed by atoms with Crippen molar-refractivity contribution in [1.82, 2.24) is 0 Å². The smallest absolute Gasteiger partial charge is 0.870 e. The second-order valence-electron chi connectivity index (χ2n) is 2.48. The van der Waals surface area contributed by atoms with Crippen LogP contribution in [0, 0.1) is 0 Å². The molecule has 7 N–H and O–H groups in total. The van der Waals surface area contributed by atoms with E-state index in [0.29, 0.717) is 0 Å². The van der Waals surface area contributed by atoms with Crippen molar-refractivity contribution in [3.8, 4) is 0 Å². The van der Waals surface area contributed by atoms with Gasteiger partial charge in [0.2, 0.25) is 0 Å². The molecule has 0 amide bonds. The Kier molecular flexibility index (Phi) is 16.1. The Hall–Kier alpha value is 1.36. The Balaban J connectivity index is -0.000000605. The fraction of sp³-hybridized carbons (Fsp3) is 1.00. The van der Waals surface area contributed by atoms with E-state index in [1.807, 2.05) is 0 Å². The standard InChI is InChI=1S/C6H14O6.K.H2O/c7-1-3(9)5(11)6(12)4(10)2-8;;/h3-12H,1-2H2;;1H2/q;+1;/p-1/t3-,4+,5-,6-;;/m1../s1. The maximum atomic E-state index is 8.96. The molecule has 0 aliphatic carbocycles. The molecule has 0 aliphatic rings. The van der Waals surface area contributed by atoms with Crippen LogP contribution >= 0.6 is 0 Å². The van der Waals surface area contributed by atoms with Crippen LogP contribution in [-0.4, -0.2) is 73.7 Å². The molecule has 0 unspecified atom stereocenters. The van der Waals surface area contributed by atoms with Gasteiger partial charge in [0.1, 0.15) is 24.4 Å². The minimum atomic E-state index is -1.67. The number of aliphatic hydroxyl groups is 6. The zero-order valence-electron chi connectivity index (χ0n) is 7.85. The molecular formula is C6H15KO7. The molecule has 0 radical (unpaired) electrons. The van der Waals surface area contributed by atoms with E-state index in [2.05, 4.69) is 0 Å². The molecule has 0 rings (SSSR count). The van der Waals surface area contributed by atoms with Crippen LogP contribution in [0.1, 0.15) is 0 Å². The van der Waals surface area contributed by atoms with Crippen LogP contribution < -0.4 is 51.4 Å². The van der Waals surface area contributed by atoms with Crippen LogP contribution in [0.25, 0.3) is 0 Å². The number of aliphatic hydroxyl groups excluding tert-OH is 6. The normalized spacial score (nSPS) is 18.4. The van der Waals surface area contributed by atoms with Gasteiger partial charge in [-0.05, 0) is 0 Å². The molecule has 0 aromatic carbocycles. The zero-order valence-corrected chi connectivity index (χ0v) is 11.0. The fourth-order valence-electron chi connectivity index (χ4n) is 0.671. The van der Waals surface area contributed by atoms with Gasteiger partial charge in [-0.2, -0.15) is 0 Å². The minimum Gasteiger partial charge on any atom is -0.870 e. The van der Waals surface area contributed by atoms with Crippen molar-refractivity contribution in [2.45, 2.75) is 24.4 Å². The third-order valence-electron chi connectivity index (χ3n) is 1.51. The van der Waals surface area contributed by atoms with Gasteiger partial charge in [0, 0.05) is 0 Å². The van der Waals surface area contributed by atoms with Crippen molar-refractivity contribution in [2.24, 2.45) is 0 Å². The Labute approximate surface area is 124 Å². The van der Waals surface area contributed by atoms with Crippen molar-refractivity contribution >= 4 is 0 Å². The van der Waals surface area contributed by atoms with E-state index in [1.54, 1.807) is 0 Å². The SMILES string of the molecule is OC[C@@H](O)[C@@H](O)[C@H](O)[C@@H](O)CO.[K+].[OH-]. The minimum absolute atomic E-state index is 0. The maximum absolute atomic E-state index is 8.96. The van der Waals surface area contributed by atoms with E-state index < -0.39 is 37.6 Å². The molecule has 0 saturated carbocycles. The summed E-state index contributed by atoms with van der Waals surface area (Å²) < 4.78 is 0.